The summed E-state index contributed by atoms with van der Waals surface area (Å²) in [5.41, 5.74) is 3.55. The number of benzene rings is 3. The van der Waals surface area contributed by atoms with Crippen LogP contribution < -0.4 is 29.6 Å². The molecule has 0 radical (unpaired) electrons. The van der Waals surface area contributed by atoms with Crippen molar-refractivity contribution in [1.82, 2.24) is 10.2 Å². The molecule has 8 nitrogen and oxygen atoms in total. The Morgan fingerprint density at radius 1 is 1.16 bits per heavy atom. The van der Waals surface area contributed by atoms with E-state index in [2.05, 4.69) is 16.7 Å². The van der Waals surface area contributed by atoms with Crippen LogP contribution in [0.4, 0.5) is 5.69 Å². The lowest BCUT2D eigenvalue weighted by Gasteiger charge is -2.56. The number of hydrogen-bond donors (Lipinski definition) is 2. The van der Waals surface area contributed by atoms with Gasteiger partial charge < -0.3 is 34.5 Å². The van der Waals surface area contributed by atoms with E-state index in [1.165, 1.54) is 0 Å². The molecule has 9 heteroatoms. The summed E-state index contributed by atoms with van der Waals surface area (Å²) in [5, 5.41) is 7.10. The van der Waals surface area contributed by atoms with Gasteiger partial charge in [-0.1, -0.05) is 35.9 Å². The zero-order chi connectivity index (χ0) is 26.6. The molecule has 38 heavy (non-hydrogen) atoms. The average Bonchev–Trinajstić information content (AvgIpc) is 3.35. The second-order valence-electron chi connectivity index (χ2n) is 10.0. The molecule has 6 rings (SSSR count). The molecule has 0 aromatic heterocycles. The Balaban J connectivity index is 1.42. The van der Waals surface area contributed by atoms with Crippen LogP contribution in [0.1, 0.15) is 35.2 Å². The van der Waals surface area contributed by atoms with Crippen LogP contribution in [0.25, 0.3) is 0 Å². The van der Waals surface area contributed by atoms with Crippen LogP contribution in [0.15, 0.2) is 54.6 Å². The number of carbonyl (C=O) groups excluding carboxylic acids is 1. The summed E-state index contributed by atoms with van der Waals surface area (Å²) in [6.07, 6.45) is 0. The molecule has 3 aliphatic rings. The molecule has 0 aliphatic carbocycles. The highest BCUT2D eigenvalue weighted by Crippen LogP contribution is 2.52. The molecule has 3 aromatic rings. The number of methoxy groups -OCH3 is 1. The lowest BCUT2D eigenvalue weighted by atomic mass is 9.78. The van der Waals surface area contributed by atoms with E-state index in [0.717, 1.165) is 27.9 Å². The largest absolute Gasteiger partial charge is 0.493 e. The molecule has 1 saturated heterocycles. The lowest BCUT2D eigenvalue weighted by molar-refractivity contribution is -0.151. The number of aryl methyl sites for hydroxylation is 2. The summed E-state index contributed by atoms with van der Waals surface area (Å²) in [7, 11) is 1.61. The van der Waals surface area contributed by atoms with Crippen LogP contribution in [0.3, 0.4) is 0 Å². The quantitative estimate of drug-likeness (QED) is 0.453. The summed E-state index contributed by atoms with van der Waals surface area (Å²) >= 11 is 5.86. The third-order valence-corrected chi connectivity index (χ3v) is 7.88. The van der Waals surface area contributed by atoms with Crippen LogP contribution in [0.5, 0.6) is 23.0 Å². The first kappa shape index (κ1) is 24.4. The molecule has 196 valence electrons. The maximum absolute atomic E-state index is 14.1. The van der Waals surface area contributed by atoms with Crippen molar-refractivity contribution in [3.8, 4) is 23.0 Å². The van der Waals surface area contributed by atoms with Crippen molar-refractivity contribution >= 4 is 28.9 Å². The van der Waals surface area contributed by atoms with Crippen molar-refractivity contribution in [3.63, 3.8) is 0 Å². The van der Waals surface area contributed by atoms with E-state index >= 15 is 0 Å². The predicted molar refractivity (Wildman–Crippen MR) is 147 cm³/mol. The second-order valence-corrected chi connectivity index (χ2v) is 10.4. The number of anilines is 1. The van der Waals surface area contributed by atoms with Crippen molar-refractivity contribution in [2.24, 2.45) is 5.92 Å². The van der Waals surface area contributed by atoms with E-state index in [1.807, 2.05) is 74.2 Å². The number of carbonyl (C=O) groups is 1. The molecule has 3 atom stereocenters. The first-order valence-electron chi connectivity index (χ1n) is 12.5. The van der Waals surface area contributed by atoms with Crippen molar-refractivity contribution in [3.05, 3.63) is 76.9 Å². The molecule has 0 saturated carbocycles. The van der Waals surface area contributed by atoms with Crippen LogP contribution >= 0.6 is 12.2 Å². The fraction of sp³-hybridized carbons (Fsp3) is 0.310. The second kappa shape index (κ2) is 9.09. The highest BCUT2D eigenvalue weighted by molar-refractivity contribution is 7.80. The fourth-order valence-electron chi connectivity index (χ4n) is 5.61. The summed E-state index contributed by atoms with van der Waals surface area (Å²) in [5.74, 6) is 1.79. The number of thiocarbonyl (C=S) groups is 1. The van der Waals surface area contributed by atoms with Gasteiger partial charge in [0, 0.05) is 17.8 Å². The lowest BCUT2D eigenvalue weighted by Crippen LogP contribution is -2.71. The van der Waals surface area contributed by atoms with Gasteiger partial charge in [-0.2, -0.15) is 0 Å². The van der Waals surface area contributed by atoms with Gasteiger partial charge in [-0.3, -0.25) is 4.79 Å². The minimum absolute atomic E-state index is 0.163. The molecule has 3 heterocycles. The Hall–Kier alpha value is -3.98. The van der Waals surface area contributed by atoms with Crippen LogP contribution in [0.2, 0.25) is 0 Å². The highest BCUT2D eigenvalue weighted by Gasteiger charge is 2.59. The van der Waals surface area contributed by atoms with Crippen molar-refractivity contribution in [2.45, 2.75) is 39.1 Å². The smallest absolute Gasteiger partial charge is 0.236 e. The molecule has 2 bridgehead atoms. The normalized spacial score (nSPS) is 22.7. The van der Waals surface area contributed by atoms with Gasteiger partial charge in [0.25, 0.3) is 0 Å². The van der Waals surface area contributed by atoms with Gasteiger partial charge in [-0.05, 0) is 68.4 Å². The van der Waals surface area contributed by atoms with Crippen LogP contribution in [-0.4, -0.2) is 35.5 Å². The van der Waals surface area contributed by atoms with Gasteiger partial charge in [-0.25, -0.2) is 0 Å². The summed E-state index contributed by atoms with van der Waals surface area (Å²) in [6.45, 7) is 6.53. The molecular weight excluding hydrogens is 502 g/mol. The zero-order valence-electron chi connectivity index (χ0n) is 21.7. The van der Waals surface area contributed by atoms with Gasteiger partial charge in [0.2, 0.25) is 12.7 Å². The number of hydrogen-bond acceptors (Lipinski definition) is 6. The Bertz CT molecular complexity index is 1460. The number of rotatable bonds is 5. The number of nitrogens with one attached hydrogen (secondary N) is 2. The van der Waals surface area contributed by atoms with E-state index in [0.29, 0.717) is 34.7 Å². The number of fused-ring (bicyclic) bond motifs is 5. The van der Waals surface area contributed by atoms with Crippen LogP contribution in [0, 0.1) is 19.8 Å². The third kappa shape index (κ3) is 3.89. The maximum atomic E-state index is 14.1. The minimum atomic E-state index is -1.12. The van der Waals surface area contributed by atoms with Gasteiger partial charge in [-0.15, -0.1) is 0 Å². The zero-order valence-corrected chi connectivity index (χ0v) is 22.5. The topological polar surface area (TPSA) is 81.3 Å². The predicted octanol–water partition coefficient (Wildman–Crippen LogP) is 4.84. The van der Waals surface area contributed by atoms with Crippen LogP contribution in [-0.2, 0) is 11.3 Å². The molecule has 3 aliphatic heterocycles. The molecule has 0 spiro atoms. The first-order chi connectivity index (χ1) is 18.3. The molecule has 1 amide bonds. The number of ether oxygens (including phenoxy) is 4. The summed E-state index contributed by atoms with van der Waals surface area (Å²) in [6, 6.07) is 17.0. The molecule has 0 unspecified atom stereocenters. The van der Waals surface area contributed by atoms with E-state index in [4.69, 9.17) is 31.2 Å². The maximum Gasteiger partial charge on any atom is 0.236 e. The average molecular weight is 532 g/mol. The summed E-state index contributed by atoms with van der Waals surface area (Å²) < 4.78 is 23.4. The highest BCUT2D eigenvalue weighted by atomic mass is 32.1. The number of nitrogens with zero attached hydrogens (tertiary/aromatic N) is 1. The fourth-order valence-corrected chi connectivity index (χ4v) is 5.99. The van der Waals surface area contributed by atoms with Gasteiger partial charge in [0.15, 0.2) is 33.8 Å². The first-order valence-corrected chi connectivity index (χ1v) is 12.9. The van der Waals surface area contributed by atoms with Crippen molar-refractivity contribution in [2.75, 3.05) is 19.2 Å². The number of para-hydroxylation sites is 1. The number of amides is 1. The Morgan fingerprint density at radius 3 is 2.76 bits per heavy atom. The summed E-state index contributed by atoms with van der Waals surface area (Å²) in [4.78, 5) is 16.0. The minimum Gasteiger partial charge on any atom is -0.493 e. The Morgan fingerprint density at radius 2 is 1.97 bits per heavy atom. The van der Waals surface area contributed by atoms with E-state index in [1.54, 1.807) is 7.11 Å². The Labute approximate surface area is 226 Å². The van der Waals surface area contributed by atoms with E-state index < -0.39 is 17.7 Å². The third-order valence-electron chi connectivity index (χ3n) is 7.54. The molecule has 1 fully saturated rings. The van der Waals surface area contributed by atoms with Gasteiger partial charge in [0.1, 0.15) is 5.92 Å². The molecule has 2 N–H and O–H groups in total. The van der Waals surface area contributed by atoms with Crippen molar-refractivity contribution < 1.29 is 23.7 Å². The molecule has 3 aromatic carbocycles. The van der Waals surface area contributed by atoms with Gasteiger partial charge >= 0.3 is 0 Å². The van der Waals surface area contributed by atoms with E-state index in [9.17, 15) is 4.79 Å². The van der Waals surface area contributed by atoms with Gasteiger partial charge in [0.05, 0.1) is 13.2 Å². The molecular formula is C29H29N3O5S. The SMILES string of the molecule is COc1cccc2c1O[C@]1(C)[C@H](C(=O)Nc3ccc(C)cc3C)[C@@H]2NC(=S)N1Cc1ccc2c(c1)OCO2. The Kier molecular flexibility index (Phi) is 5.83. The van der Waals surface area contributed by atoms with E-state index in [-0.39, 0.29) is 12.7 Å². The monoisotopic (exact) mass is 531 g/mol. The van der Waals surface area contributed by atoms with Crippen molar-refractivity contribution in [1.29, 1.82) is 0 Å². The standard InChI is InChI=1S/C29H29N3O5S/c1-16-8-10-20(17(2)12-16)30-27(33)24-25-19-6-5-7-22(34-4)26(19)37-29(24,3)32(28(38)31-25)14-18-9-11-21-23(13-18)36-15-35-21/h5-13,24-25H,14-15H2,1-4H3,(H,30,33)(H,31,38)/t24-,25+,29+/m0/s1.